The lowest BCUT2D eigenvalue weighted by atomic mass is 10.1. The van der Waals surface area contributed by atoms with Crippen LogP contribution in [0.1, 0.15) is 18.1 Å². The van der Waals surface area contributed by atoms with E-state index < -0.39 is 0 Å². The second kappa shape index (κ2) is 7.91. The van der Waals surface area contributed by atoms with E-state index in [2.05, 4.69) is 33.4 Å². The third-order valence-electron chi connectivity index (χ3n) is 3.84. The number of nitrogens with zero attached hydrogens (tertiary/aromatic N) is 1. The van der Waals surface area contributed by atoms with Crippen LogP contribution in [-0.4, -0.2) is 19.0 Å². The van der Waals surface area contributed by atoms with Crippen molar-refractivity contribution < 1.29 is 9.69 Å². The van der Waals surface area contributed by atoms with Gasteiger partial charge in [0, 0.05) is 15.7 Å². The lowest BCUT2D eigenvalue weighted by molar-refractivity contribution is -0.907. The van der Waals surface area contributed by atoms with Crippen molar-refractivity contribution in [2.45, 2.75) is 19.5 Å². The molecule has 1 amide bonds. The Labute approximate surface area is 144 Å². The Hall–Kier alpha value is -2.16. The van der Waals surface area contributed by atoms with Crippen molar-refractivity contribution in [3.05, 3.63) is 64.1 Å². The fourth-order valence-corrected chi connectivity index (χ4v) is 2.62. The molecule has 5 heteroatoms. The molecule has 0 saturated carbocycles. The summed E-state index contributed by atoms with van der Waals surface area (Å²) in [5.74, 6) is -0.0424. The largest absolute Gasteiger partial charge is 0.324 e. The smallest absolute Gasteiger partial charge is 0.282 e. The van der Waals surface area contributed by atoms with Crippen LogP contribution in [0.5, 0.6) is 0 Å². The van der Waals surface area contributed by atoms with E-state index in [1.807, 2.05) is 32.2 Å². The zero-order valence-corrected chi connectivity index (χ0v) is 14.7. The topological polar surface area (TPSA) is 57.3 Å². The van der Waals surface area contributed by atoms with Gasteiger partial charge in [0.2, 0.25) is 0 Å². The van der Waals surface area contributed by atoms with Gasteiger partial charge in [-0.2, -0.15) is 5.26 Å². The van der Waals surface area contributed by atoms with Gasteiger partial charge in [-0.15, -0.1) is 0 Å². The van der Waals surface area contributed by atoms with Gasteiger partial charge in [0.1, 0.15) is 6.54 Å². The third-order valence-corrected chi connectivity index (χ3v) is 4.61. The van der Waals surface area contributed by atoms with Crippen molar-refractivity contribution in [3.63, 3.8) is 0 Å². The van der Waals surface area contributed by atoms with Crippen LogP contribution in [0.15, 0.2) is 53.0 Å². The zero-order valence-electron chi connectivity index (χ0n) is 13.1. The lowest BCUT2D eigenvalue weighted by Gasteiger charge is -2.21. The van der Waals surface area contributed by atoms with Crippen LogP contribution in [0.4, 0.5) is 5.69 Å². The summed E-state index contributed by atoms with van der Waals surface area (Å²) >= 11 is 3.54. The van der Waals surface area contributed by atoms with Crippen molar-refractivity contribution in [3.8, 4) is 6.07 Å². The highest BCUT2D eigenvalue weighted by atomic mass is 79.9. The monoisotopic (exact) mass is 372 g/mol. The minimum atomic E-state index is -0.197. The standard InChI is InChI=1S/C18H18BrN3O/c1-13(22(2)12-15-5-3-4-6-17(15)19)18(23)21-16-9-7-14(11-20)8-10-16/h3-10,13H,12H2,1-2H3,(H,21,23)/p+1/t13-/m1/s1. The predicted molar refractivity (Wildman–Crippen MR) is 94.0 cm³/mol. The Kier molecular flexibility index (Phi) is 5.91. The molecule has 0 aliphatic rings. The molecule has 0 radical (unpaired) electrons. The molecule has 0 bridgehead atoms. The fourth-order valence-electron chi connectivity index (χ4n) is 2.20. The van der Waals surface area contributed by atoms with Gasteiger partial charge >= 0.3 is 0 Å². The summed E-state index contributed by atoms with van der Waals surface area (Å²) in [7, 11) is 2.00. The molecule has 0 aromatic heterocycles. The molecule has 4 nitrogen and oxygen atoms in total. The summed E-state index contributed by atoms with van der Waals surface area (Å²) in [6.07, 6.45) is 0. The first kappa shape index (κ1) is 17.2. The summed E-state index contributed by atoms with van der Waals surface area (Å²) < 4.78 is 1.05. The van der Waals surface area contributed by atoms with Crippen LogP contribution in [0.25, 0.3) is 0 Å². The molecule has 2 atom stereocenters. The molecule has 2 rings (SSSR count). The van der Waals surface area contributed by atoms with Gasteiger partial charge in [0.05, 0.1) is 18.7 Å². The molecular formula is C18H19BrN3O+. The van der Waals surface area contributed by atoms with Crippen molar-refractivity contribution in [1.29, 1.82) is 5.26 Å². The number of carbonyl (C=O) groups is 1. The minimum absolute atomic E-state index is 0.0424. The van der Waals surface area contributed by atoms with Crippen LogP contribution in [0, 0.1) is 11.3 Å². The van der Waals surface area contributed by atoms with E-state index in [1.54, 1.807) is 24.3 Å². The number of benzene rings is 2. The molecule has 0 aliphatic carbocycles. The Morgan fingerprint density at radius 3 is 2.52 bits per heavy atom. The highest BCUT2D eigenvalue weighted by Gasteiger charge is 2.22. The number of hydrogen-bond acceptors (Lipinski definition) is 2. The maximum Gasteiger partial charge on any atom is 0.282 e. The van der Waals surface area contributed by atoms with E-state index >= 15 is 0 Å². The predicted octanol–water partition coefficient (Wildman–Crippen LogP) is 2.36. The number of hydrogen-bond donors (Lipinski definition) is 2. The minimum Gasteiger partial charge on any atom is -0.324 e. The van der Waals surface area contributed by atoms with Gasteiger partial charge in [-0.1, -0.05) is 34.1 Å². The molecule has 2 aromatic rings. The Balaban J connectivity index is 1.98. The number of rotatable bonds is 5. The Bertz CT molecular complexity index is 722. The molecule has 0 heterocycles. The quantitative estimate of drug-likeness (QED) is 0.846. The highest BCUT2D eigenvalue weighted by molar-refractivity contribution is 9.10. The second-order valence-corrected chi connectivity index (χ2v) is 6.37. The molecule has 0 saturated heterocycles. The number of nitrogens with one attached hydrogen (secondary N) is 2. The number of amides is 1. The van der Waals surface area contributed by atoms with E-state index in [1.165, 1.54) is 5.56 Å². The molecule has 2 aromatic carbocycles. The maximum atomic E-state index is 12.4. The van der Waals surface area contributed by atoms with Gasteiger partial charge in [-0.3, -0.25) is 4.79 Å². The first-order chi connectivity index (χ1) is 11.0. The molecule has 0 spiro atoms. The van der Waals surface area contributed by atoms with Crippen molar-refractivity contribution in [2.75, 3.05) is 12.4 Å². The summed E-state index contributed by atoms with van der Waals surface area (Å²) in [5.41, 5.74) is 2.45. The van der Waals surface area contributed by atoms with Crippen molar-refractivity contribution >= 4 is 27.5 Å². The third kappa shape index (κ3) is 4.65. The van der Waals surface area contributed by atoms with Crippen LogP contribution in [-0.2, 0) is 11.3 Å². The Morgan fingerprint density at radius 1 is 1.26 bits per heavy atom. The number of carbonyl (C=O) groups excluding carboxylic acids is 1. The second-order valence-electron chi connectivity index (χ2n) is 5.51. The average Bonchev–Trinajstić information content (AvgIpc) is 2.56. The van der Waals surface area contributed by atoms with Crippen LogP contribution in [0.3, 0.4) is 0 Å². The number of anilines is 1. The lowest BCUT2D eigenvalue weighted by Crippen LogP contribution is -3.12. The SMILES string of the molecule is C[C@H](C(=O)Nc1ccc(C#N)cc1)[NH+](C)Cc1ccccc1Br. The Morgan fingerprint density at radius 2 is 1.91 bits per heavy atom. The number of halogens is 1. The first-order valence-corrected chi connectivity index (χ1v) is 8.17. The van der Waals surface area contributed by atoms with E-state index in [0.29, 0.717) is 11.3 Å². The molecule has 0 aliphatic heterocycles. The number of quaternary nitrogens is 1. The van der Waals surface area contributed by atoms with E-state index in [4.69, 9.17) is 5.26 Å². The van der Waals surface area contributed by atoms with Crippen LogP contribution in [0.2, 0.25) is 0 Å². The fraction of sp³-hybridized carbons (Fsp3) is 0.222. The van der Waals surface area contributed by atoms with Gasteiger partial charge in [-0.25, -0.2) is 0 Å². The molecule has 118 valence electrons. The van der Waals surface area contributed by atoms with E-state index in [-0.39, 0.29) is 11.9 Å². The van der Waals surface area contributed by atoms with Crippen molar-refractivity contribution in [2.24, 2.45) is 0 Å². The van der Waals surface area contributed by atoms with Gasteiger partial charge in [0.15, 0.2) is 6.04 Å². The molecule has 23 heavy (non-hydrogen) atoms. The summed E-state index contributed by atoms with van der Waals surface area (Å²) in [6.45, 7) is 2.66. The summed E-state index contributed by atoms with van der Waals surface area (Å²) in [5, 5.41) is 11.7. The number of likely N-dealkylation sites (N-methyl/N-ethyl adjacent to an activating group) is 1. The highest BCUT2D eigenvalue weighted by Crippen LogP contribution is 2.14. The number of nitriles is 1. The van der Waals surface area contributed by atoms with Gasteiger partial charge in [0.25, 0.3) is 5.91 Å². The van der Waals surface area contributed by atoms with Crippen LogP contribution < -0.4 is 10.2 Å². The zero-order chi connectivity index (χ0) is 16.8. The molecule has 1 unspecified atom stereocenters. The molecule has 2 N–H and O–H groups in total. The van der Waals surface area contributed by atoms with E-state index in [0.717, 1.165) is 15.9 Å². The summed E-state index contributed by atoms with van der Waals surface area (Å²) in [6, 6.07) is 16.8. The molecule has 0 fully saturated rings. The molecular weight excluding hydrogens is 354 g/mol. The normalized spacial score (nSPS) is 13.0. The first-order valence-electron chi connectivity index (χ1n) is 7.38. The van der Waals surface area contributed by atoms with Gasteiger partial charge < -0.3 is 10.2 Å². The average molecular weight is 373 g/mol. The maximum absolute atomic E-state index is 12.4. The van der Waals surface area contributed by atoms with Crippen molar-refractivity contribution in [1.82, 2.24) is 0 Å². The summed E-state index contributed by atoms with van der Waals surface area (Å²) in [4.78, 5) is 13.5. The van der Waals surface area contributed by atoms with Gasteiger partial charge in [-0.05, 0) is 37.3 Å². The van der Waals surface area contributed by atoms with E-state index in [9.17, 15) is 4.79 Å². The van der Waals surface area contributed by atoms with Crippen LogP contribution >= 0.6 is 15.9 Å².